The van der Waals surface area contributed by atoms with Crippen LogP contribution in [0.3, 0.4) is 0 Å². The van der Waals surface area contributed by atoms with Gasteiger partial charge in [-0.2, -0.15) is 9.40 Å². The zero-order valence-electron chi connectivity index (χ0n) is 15.2. The lowest BCUT2D eigenvalue weighted by Crippen LogP contribution is -2.33. The van der Waals surface area contributed by atoms with Crippen LogP contribution < -0.4 is 10.6 Å². The van der Waals surface area contributed by atoms with E-state index in [4.69, 9.17) is 0 Å². The number of hydrogen-bond donors (Lipinski definition) is 2. The van der Waals surface area contributed by atoms with Crippen molar-refractivity contribution in [3.05, 3.63) is 17.5 Å². The van der Waals surface area contributed by atoms with E-state index in [0.717, 1.165) is 50.2 Å². The fourth-order valence-corrected chi connectivity index (χ4v) is 5.19. The average molecular weight is 382 g/mol. The topological polar surface area (TPSA) is 96.3 Å². The molecule has 1 spiro atoms. The highest BCUT2D eigenvalue weighted by molar-refractivity contribution is 7.88. The van der Waals surface area contributed by atoms with Crippen LogP contribution in [0.4, 0.5) is 0 Å². The van der Waals surface area contributed by atoms with Crippen molar-refractivity contribution in [1.29, 1.82) is 0 Å². The summed E-state index contributed by atoms with van der Waals surface area (Å²) in [6.07, 6.45) is 5.17. The standard InChI is InChI=1S/C17H27N5O3S/c1-26(24,25)21-7-2-8-22-14(12-21)9-13(20-22)11-19-16(23)15-10-17(15)3-5-18-6-4-17/h9,15,18H,2-8,10-12H2,1H3,(H,19,23)/t15-/m1/s1. The Hall–Kier alpha value is -1.45. The van der Waals surface area contributed by atoms with E-state index < -0.39 is 10.0 Å². The van der Waals surface area contributed by atoms with Gasteiger partial charge in [0.2, 0.25) is 15.9 Å². The summed E-state index contributed by atoms with van der Waals surface area (Å²) in [5.74, 6) is 0.277. The molecule has 3 heterocycles. The smallest absolute Gasteiger partial charge is 0.224 e. The first-order valence-electron chi connectivity index (χ1n) is 9.37. The molecule has 1 saturated carbocycles. The first-order valence-corrected chi connectivity index (χ1v) is 11.2. The second kappa shape index (κ2) is 6.61. The lowest BCUT2D eigenvalue weighted by molar-refractivity contribution is -0.123. The molecule has 0 radical (unpaired) electrons. The van der Waals surface area contributed by atoms with Crippen molar-refractivity contribution in [2.45, 2.75) is 45.3 Å². The molecule has 1 aromatic rings. The van der Waals surface area contributed by atoms with E-state index in [2.05, 4.69) is 15.7 Å². The van der Waals surface area contributed by atoms with Gasteiger partial charge in [0.1, 0.15) is 0 Å². The molecule has 3 aliphatic rings. The van der Waals surface area contributed by atoms with Crippen LogP contribution in [0.5, 0.6) is 0 Å². The molecule has 9 heteroatoms. The van der Waals surface area contributed by atoms with Crippen LogP contribution in [-0.4, -0.2) is 54.3 Å². The van der Waals surface area contributed by atoms with Crippen molar-refractivity contribution in [3.8, 4) is 0 Å². The number of fused-ring (bicyclic) bond motifs is 1. The molecule has 0 aromatic carbocycles. The molecule has 4 rings (SSSR count). The third-order valence-corrected chi connectivity index (χ3v) is 7.30. The van der Waals surface area contributed by atoms with Crippen molar-refractivity contribution in [2.75, 3.05) is 25.9 Å². The highest BCUT2D eigenvalue weighted by atomic mass is 32.2. The fraction of sp³-hybridized carbons (Fsp3) is 0.765. The molecule has 8 nitrogen and oxygen atoms in total. The largest absolute Gasteiger partial charge is 0.350 e. The molecule has 1 amide bonds. The summed E-state index contributed by atoms with van der Waals surface area (Å²) in [4.78, 5) is 12.5. The Morgan fingerprint density at radius 3 is 2.88 bits per heavy atom. The van der Waals surface area contributed by atoms with Crippen molar-refractivity contribution in [2.24, 2.45) is 11.3 Å². The van der Waals surface area contributed by atoms with Crippen LogP contribution >= 0.6 is 0 Å². The molecule has 1 aliphatic carbocycles. The van der Waals surface area contributed by atoms with Crippen molar-refractivity contribution in [3.63, 3.8) is 0 Å². The first kappa shape index (κ1) is 17.9. The lowest BCUT2D eigenvalue weighted by Gasteiger charge is -2.23. The maximum atomic E-state index is 12.5. The van der Waals surface area contributed by atoms with Crippen LogP contribution in [0.15, 0.2) is 6.07 Å². The van der Waals surface area contributed by atoms with E-state index in [-0.39, 0.29) is 17.2 Å². The number of amides is 1. The van der Waals surface area contributed by atoms with Crippen molar-refractivity contribution < 1.29 is 13.2 Å². The van der Waals surface area contributed by atoms with Crippen molar-refractivity contribution in [1.82, 2.24) is 24.7 Å². The molecule has 0 bridgehead atoms. The Kier molecular flexibility index (Phi) is 4.56. The van der Waals surface area contributed by atoms with Gasteiger partial charge in [-0.15, -0.1) is 0 Å². The highest BCUT2D eigenvalue weighted by Gasteiger charge is 2.57. The second-order valence-electron chi connectivity index (χ2n) is 7.89. The van der Waals surface area contributed by atoms with Gasteiger partial charge in [-0.05, 0) is 50.3 Å². The molecular weight excluding hydrogens is 354 g/mol. The van der Waals surface area contributed by atoms with Gasteiger partial charge in [0, 0.05) is 19.0 Å². The van der Waals surface area contributed by atoms with E-state index in [0.29, 0.717) is 26.2 Å². The SMILES string of the molecule is CS(=O)(=O)N1CCCn2nc(CNC(=O)[C@H]3CC34CCNCC4)cc2C1. The monoisotopic (exact) mass is 381 g/mol. The van der Waals surface area contributed by atoms with Gasteiger partial charge in [0.05, 0.1) is 30.7 Å². The summed E-state index contributed by atoms with van der Waals surface area (Å²) in [5.41, 5.74) is 1.92. The number of hydrogen-bond acceptors (Lipinski definition) is 5. The second-order valence-corrected chi connectivity index (χ2v) is 9.87. The first-order chi connectivity index (χ1) is 12.4. The summed E-state index contributed by atoms with van der Waals surface area (Å²) in [6.45, 7) is 3.99. The molecule has 0 unspecified atom stereocenters. The van der Waals surface area contributed by atoms with Gasteiger partial charge in [-0.3, -0.25) is 9.48 Å². The minimum Gasteiger partial charge on any atom is -0.350 e. The van der Waals surface area contributed by atoms with Crippen LogP contribution in [0, 0.1) is 11.3 Å². The Bertz CT molecular complexity index is 797. The number of nitrogens with zero attached hydrogens (tertiary/aromatic N) is 3. The molecule has 2 fully saturated rings. The Morgan fingerprint density at radius 2 is 2.15 bits per heavy atom. The molecule has 1 aromatic heterocycles. The summed E-state index contributed by atoms with van der Waals surface area (Å²) in [6, 6.07) is 1.91. The van der Waals surface area contributed by atoms with E-state index in [1.165, 1.54) is 10.6 Å². The summed E-state index contributed by atoms with van der Waals surface area (Å²) in [5, 5.41) is 10.9. The van der Waals surface area contributed by atoms with Crippen LogP contribution in [0.2, 0.25) is 0 Å². The Balaban J connectivity index is 1.36. The number of carbonyl (C=O) groups is 1. The van der Waals surface area contributed by atoms with E-state index in [9.17, 15) is 13.2 Å². The van der Waals surface area contributed by atoms with Gasteiger partial charge < -0.3 is 10.6 Å². The minimum atomic E-state index is -3.21. The quantitative estimate of drug-likeness (QED) is 0.769. The van der Waals surface area contributed by atoms with Gasteiger partial charge >= 0.3 is 0 Å². The van der Waals surface area contributed by atoms with Gasteiger partial charge in [-0.1, -0.05) is 0 Å². The van der Waals surface area contributed by atoms with Gasteiger partial charge in [0.25, 0.3) is 0 Å². The number of carbonyl (C=O) groups excluding carboxylic acids is 1. The molecule has 1 atom stereocenters. The average Bonchev–Trinajstić information content (AvgIpc) is 3.21. The maximum Gasteiger partial charge on any atom is 0.224 e. The number of piperidine rings is 1. The van der Waals surface area contributed by atoms with Crippen LogP contribution in [0.1, 0.15) is 37.1 Å². The molecule has 2 N–H and O–H groups in total. The predicted molar refractivity (Wildman–Crippen MR) is 96.6 cm³/mol. The molecule has 1 saturated heterocycles. The van der Waals surface area contributed by atoms with E-state index in [1.54, 1.807) is 0 Å². The third kappa shape index (κ3) is 3.52. The number of sulfonamides is 1. The zero-order chi connectivity index (χ0) is 18.4. The van der Waals surface area contributed by atoms with E-state index in [1.807, 2.05) is 10.7 Å². The maximum absolute atomic E-state index is 12.5. The van der Waals surface area contributed by atoms with Crippen molar-refractivity contribution >= 4 is 15.9 Å². The molecule has 144 valence electrons. The van der Waals surface area contributed by atoms with Gasteiger partial charge in [0.15, 0.2) is 0 Å². The summed E-state index contributed by atoms with van der Waals surface area (Å²) in [7, 11) is -3.21. The van der Waals surface area contributed by atoms with Crippen LogP contribution in [-0.2, 0) is 34.5 Å². The molecule has 2 aliphatic heterocycles. The number of rotatable bonds is 4. The Labute approximate surface area is 154 Å². The van der Waals surface area contributed by atoms with Gasteiger partial charge in [-0.25, -0.2) is 8.42 Å². The summed E-state index contributed by atoms with van der Waals surface area (Å²) >= 11 is 0. The van der Waals surface area contributed by atoms with Crippen LogP contribution in [0.25, 0.3) is 0 Å². The zero-order valence-corrected chi connectivity index (χ0v) is 16.0. The highest BCUT2D eigenvalue weighted by Crippen LogP contribution is 2.58. The number of aryl methyl sites for hydroxylation is 1. The van der Waals surface area contributed by atoms with E-state index >= 15 is 0 Å². The summed E-state index contributed by atoms with van der Waals surface area (Å²) < 4.78 is 27.0. The minimum absolute atomic E-state index is 0.132. The molecular formula is C17H27N5O3S. The third-order valence-electron chi connectivity index (χ3n) is 6.05. The fourth-order valence-electron chi connectivity index (χ4n) is 4.36. The molecule has 26 heavy (non-hydrogen) atoms. The number of aromatic nitrogens is 2. The Morgan fingerprint density at radius 1 is 1.38 bits per heavy atom. The predicted octanol–water partition coefficient (Wildman–Crippen LogP) is 0.0543. The number of nitrogens with one attached hydrogen (secondary N) is 2. The lowest BCUT2D eigenvalue weighted by atomic mass is 9.92. The normalized spacial score (nSPS) is 25.5.